The summed E-state index contributed by atoms with van der Waals surface area (Å²) in [6.45, 7) is 4.33. The van der Waals surface area contributed by atoms with Crippen LogP contribution in [0.15, 0.2) is 75.9 Å². The highest BCUT2D eigenvalue weighted by Crippen LogP contribution is 2.42. The number of hydrogen-bond donors (Lipinski definition) is 0. The molecular formula is C28H22ClNO6. The SMILES string of the molecule is CCOC(=O)c1ccc(N2C(=O)c3oc4ccc(Cl)cc4c(=O)c3C2c2cccc(OCC)c2)cc1. The van der Waals surface area contributed by atoms with Crippen molar-refractivity contribution in [3.63, 3.8) is 0 Å². The largest absolute Gasteiger partial charge is 0.494 e. The first-order valence-electron chi connectivity index (χ1n) is 11.5. The second kappa shape index (κ2) is 9.51. The lowest BCUT2D eigenvalue weighted by Gasteiger charge is -2.25. The lowest BCUT2D eigenvalue weighted by Crippen LogP contribution is -2.29. The van der Waals surface area contributed by atoms with Gasteiger partial charge in [-0.1, -0.05) is 23.7 Å². The molecule has 0 N–H and O–H groups in total. The van der Waals surface area contributed by atoms with Crippen molar-refractivity contribution in [2.75, 3.05) is 18.1 Å². The number of ether oxygens (including phenoxy) is 2. The molecular weight excluding hydrogens is 482 g/mol. The molecule has 1 amide bonds. The van der Waals surface area contributed by atoms with Gasteiger partial charge in [0.1, 0.15) is 11.3 Å². The second-order valence-corrected chi connectivity index (χ2v) is 8.60. The van der Waals surface area contributed by atoms with Crippen LogP contribution in [-0.2, 0) is 4.74 Å². The summed E-state index contributed by atoms with van der Waals surface area (Å²) in [5.41, 5.74) is 1.69. The summed E-state index contributed by atoms with van der Waals surface area (Å²) in [5, 5.41) is 0.680. The van der Waals surface area contributed by atoms with Gasteiger partial charge >= 0.3 is 5.97 Å². The van der Waals surface area contributed by atoms with Crippen LogP contribution in [0.5, 0.6) is 5.75 Å². The summed E-state index contributed by atoms with van der Waals surface area (Å²) < 4.78 is 16.7. The molecule has 0 bridgehead atoms. The molecule has 182 valence electrons. The fraction of sp³-hybridized carbons (Fsp3) is 0.179. The fourth-order valence-electron chi connectivity index (χ4n) is 4.44. The Morgan fingerprint density at radius 1 is 1.00 bits per heavy atom. The van der Waals surface area contributed by atoms with E-state index in [0.29, 0.717) is 39.6 Å². The van der Waals surface area contributed by atoms with Crippen LogP contribution in [0.1, 0.15) is 51.9 Å². The molecule has 3 aromatic carbocycles. The Bertz CT molecular complexity index is 1540. The molecule has 5 rings (SSSR count). The molecule has 0 fully saturated rings. The number of nitrogens with zero attached hydrogens (tertiary/aromatic N) is 1. The lowest BCUT2D eigenvalue weighted by molar-refractivity contribution is 0.0526. The van der Waals surface area contributed by atoms with Crippen molar-refractivity contribution in [3.8, 4) is 5.75 Å². The summed E-state index contributed by atoms with van der Waals surface area (Å²) >= 11 is 6.15. The van der Waals surface area contributed by atoms with Gasteiger partial charge in [-0.3, -0.25) is 14.5 Å². The number of anilines is 1. The number of carbonyl (C=O) groups is 2. The Balaban J connectivity index is 1.71. The van der Waals surface area contributed by atoms with E-state index < -0.39 is 17.9 Å². The normalized spacial score (nSPS) is 14.7. The van der Waals surface area contributed by atoms with E-state index in [9.17, 15) is 14.4 Å². The van der Waals surface area contributed by atoms with Crippen LogP contribution in [-0.4, -0.2) is 25.1 Å². The van der Waals surface area contributed by atoms with Crippen molar-refractivity contribution < 1.29 is 23.5 Å². The summed E-state index contributed by atoms with van der Waals surface area (Å²) in [4.78, 5) is 41.1. The van der Waals surface area contributed by atoms with Crippen LogP contribution in [0.4, 0.5) is 5.69 Å². The first-order chi connectivity index (χ1) is 17.4. The Morgan fingerprint density at radius 3 is 2.50 bits per heavy atom. The van der Waals surface area contributed by atoms with Crippen LogP contribution >= 0.6 is 11.6 Å². The minimum Gasteiger partial charge on any atom is -0.494 e. The highest BCUT2D eigenvalue weighted by atomic mass is 35.5. The number of rotatable bonds is 6. The number of fused-ring (bicyclic) bond motifs is 2. The number of halogens is 1. The maximum atomic E-state index is 13.7. The van der Waals surface area contributed by atoms with Gasteiger partial charge in [0.05, 0.1) is 35.8 Å². The molecule has 0 saturated carbocycles. The molecule has 8 heteroatoms. The van der Waals surface area contributed by atoms with Crippen molar-refractivity contribution in [1.82, 2.24) is 0 Å². The predicted molar refractivity (Wildman–Crippen MR) is 136 cm³/mol. The molecule has 2 heterocycles. The topological polar surface area (TPSA) is 86.0 Å². The Hall–Kier alpha value is -4.10. The van der Waals surface area contributed by atoms with E-state index in [-0.39, 0.29) is 28.9 Å². The number of esters is 1. The maximum absolute atomic E-state index is 13.7. The Labute approximate surface area is 211 Å². The molecule has 36 heavy (non-hydrogen) atoms. The molecule has 0 radical (unpaired) electrons. The second-order valence-electron chi connectivity index (χ2n) is 8.17. The lowest BCUT2D eigenvalue weighted by atomic mass is 9.98. The van der Waals surface area contributed by atoms with Gasteiger partial charge < -0.3 is 13.9 Å². The highest BCUT2D eigenvalue weighted by molar-refractivity contribution is 6.31. The summed E-state index contributed by atoms with van der Waals surface area (Å²) in [7, 11) is 0. The van der Waals surface area contributed by atoms with Crippen molar-refractivity contribution in [1.29, 1.82) is 0 Å². The van der Waals surface area contributed by atoms with Crippen LogP contribution in [0.3, 0.4) is 0 Å². The third kappa shape index (κ3) is 4.01. The average Bonchev–Trinajstić information content (AvgIpc) is 3.17. The predicted octanol–water partition coefficient (Wildman–Crippen LogP) is 5.77. The fourth-order valence-corrected chi connectivity index (χ4v) is 4.61. The molecule has 1 aliphatic rings. The van der Waals surface area contributed by atoms with E-state index >= 15 is 0 Å². The van der Waals surface area contributed by atoms with Gasteiger partial charge in [0.15, 0.2) is 5.43 Å². The smallest absolute Gasteiger partial charge is 0.338 e. The maximum Gasteiger partial charge on any atom is 0.338 e. The number of hydrogen-bond acceptors (Lipinski definition) is 6. The van der Waals surface area contributed by atoms with Crippen molar-refractivity contribution >= 4 is 40.1 Å². The molecule has 1 aliphatic heterocycles. The first-order valence-corrected chi connectivity index (χ1v) is 11.9. The van der Waals surface area contributed by atoms with E-state index in [1.807, 2.05) is 25.1 Å². The zero-order valence-corrected chi connectivity index (χ0v) is 20.4. The van der Waals surface area contributed by atoms with Gasteiger partial charge in [0, 0.05) is 10.7 Å². The van der Waals surface area contributed by atoms with Crippen molar-refractivity contribution in [2.45, 2.75) is 19.9 Å². The van der Waals surface area contributed by atoms with E-state index in [1.165, 1.54) is 11.0 Å². The van der Waals surface area contributed by atoms with Crippen LogP contribution < -0.4 is 15.1 Å². The molecule has 1 unspecified atom stereocenters. The third-order valence-corrected chi connectivity index (χ3v) is 6.21. The quantitative estimate of drug-likeness (QED) is 0.310. The standard InChI is InChI=1S/C28H22ClNO6/c1-3-34-20-7-5-6-17(14-20)24-23-25(31)21-15-18(29)10-13-22(21)36-26(23)27(32)30(24)19-11-8-16(9-12-19)28(33)35-4-2/h5-15,24H,3-4H2,1-2H3. The number of amides is 1. The molecule has 1 atom stereocenters. The van der Waals surface area contributed by atoms with E-state index in [0.717, 1.165) is 0 Å². The molecule has 4 aromatic rings. The summed E-state index contributed by atoms with van der Waals surface area (Å²) in [6.07, 6.45) is 0. The minimum atomic E-state index is -0.777. The van der Waals surface area contributed by atoms with Gasteiger partial charge in [0.25, 0.3) is 5.91 Å². The zero-order chi connectivity index (χ0) is 25.4. The van der Waals surface area contributed by atoms with E-state index in [1.54, 1.807) is 49.4 Å². The monoisotopic (exact) mass is 503 g/mol. The van der Waals surface area contributed by atoms with Crippen molar-refractivity contribution in [3.05, 3.63) is 104 Å². The molecule has 0 spiro atoms. The van der Waals surface area contributed by atoms with Crippen LogP contribution in [0, 0.1) is 0 Å². The minimum absolute atomic E-state index is 0.0314. The molecule has 0 saturated heterocycles. The van der Waals surface area contributed by atoms with E-state index in [4.69, 9.17) is 25.5 Å². The van der Waals surface area contributed by atoms with Gasteiger partial charge in [0.2, 0.25) is 5.76 Å². The van der Waals surface area contributed by atoms with Crippen molar-refractivity contribution in [2.24, 2.45) is 0 Å². The van der Waals surface area contributed by atoms with Crippen LogP contribution in [0.2, 0.25) is 5.02 Å². The van der Waals surface area contributed by atoms with Crippen LogP contribution in [0.25, 0.3) is 11.0 Å². The summed E-state index contributed by atoms with van der Waals surface area (Å²) in [6, 6.07) is 17.7. The van der Waals surface area contributed by atoms with Gasteiger partial charge in [-0.15, -0.1) is 0 Å². The number of carbonyl (C=O) groups excluding carboxylic acids is 2. The molecule has 7 nitrogen and oxygen atoms in total. The van der Waals surface area contributed by atoms with Gasteiger partial charge in [-0.2, -0.15) is 0 Å². The molecule has 1 aromatic heterocycles. The van der Waals surface area contributed by atoms with Gasteiger partial charge in [-0.25, -0.2) is 4.79 Å². The average molecular weight is 504 g/mol. The highest BCUT2D eigenvalue weighted by Gasteiger charge is 2.43. The zero-order valence-electron chi connectivity index (χ0n) is 19.6. The molecule has 0 aliphatic carbocycles. The van der Waals surface area contributed by atoms with E-state index in [2.05, 4.69) is 0 Å². The Morgan fingerprint density at radius 2 is 1.78 bits per heavy atom. The summed E-state index contributed by atoms with van der Waals surface area (Å²) in [5.74, 6) is -0.339. The third-order valence-electron chi connectivity index (χ3n) is 5.97. The Kier molecular flexibility index (Phi) is 6.24. The van der Waals surface area contributed by atoms with Gasteiger partial charge in [-0.05, 0) is 74.0 Å². The number of benzene rings is 3. The first kappa shape index (κ1) is 23.6.